The van der Waals surface area contributed by atoms with Gasteiger partial charge in [0, 0.05) is 31.5 Å². The molecule has 7 heteroatoms. The lowest BCUT2D eigenvalue weighted by atomic mass is 9.95. The zero-order valence-electron chi connectivity index (χ0n) is 13.2. The van der Waals surface area contributed by atoms with Gasteiger partial charge in [0.2, 0.25) is 0 Å². The number of anilines is 1. The molecule has 0 saturated carbocycles. The van der Waals surface area contributed by atoms with Gasteiger partial charge in [-0.1, -0.05) is 6.92 Å². The van der Waals surface area contributed by atoms with Gasteiger partial charge in [0.25, 0.3) is 0 Å². The standard InChI is InChI=1S/C16H20N4O3/c1-10-7-11(19-16(21)22)9-20(8-10)12-3-4-13(23-2)15-14(12)17-5-6-18-15/h3-6,10-11,19H,7-9H2,1-2H3,(H,21,22)/t10-,11+/m0/s1. The highest BCUT2D eigenvalue weighted by molar-refractivity contribution is 5.92. The molecule has 122 valence electrons. The summed E-state index contributed by atoms with van der Waals surface area (Å²) in [4.78, 5) is 21.9. The summed E-state index contributed by atoms with van der Waals surface area (Å²) in [6, 6.07) is 3.75. The van der Waals surface area contributed by atoms with Crippen molar-refractivity contribution in [2.45, 2.75) is 19.4 Å². The quantitative estimate of drug-likeness (QED) is 0.902. The summed E-state index contributed by atoms with van der Waals surface area (Å²) in [5.41, 5.74) is 2.45. The third-order valence-corrected chi connectivity index (χ3v) is 4.11. The Kier molecular flexibility index (Phi) is 4.18. The second-order valence-corrected chi connectivity index (χ2v) is 5.93. The number of benzene rings is 1. The highest BCUT2D eigenvalue weighted by Crippen LogP contribution is 2.33. The number of piperidine rings is 1. The summed E-state index contributed by atoms with van der Waals surface area (Å²) < 4.78 is 5.35. The predicted molar refractivity (Wildman–Crippen MR) is 87.0 cm³/mol. The Morgan fingerprint density at radius 1 is 1.30 bits per heavy atom. The molecule has 1 aliphatic rings. The molecule has 2 atom stereocenters. The van der Waals surface area contributed by atoms with Gasteiger partial charge < -0.3 is 20.1 Å². The van der Waals surface area contributed by atoms with Crippen LogP contribution in [0.3, 0.4) is 0 Å². The number of aromatic nitrogens is 2. The van der Waals surface area contributed by atoms with E-state index in [1.165, 1.54) is 0 Å². The normalized spacial score (nSPS) is 21.2. The molecule has 1 saturated heterocycles. The fourth-order valence-electron chi connectivity index (χ4n) is 3.27. The number of carbonyl (C=O) groups is 1. The monoisotopic (exact) mass is 316 g/mol. The second-order valence-electron chi connectivity index (χ2n) is 5.93. The summed E-state index contributed by atoms with van der Waals surface area (Å²) in [5.74, 6) is 1.07. The van der Waals surface area contributed by atoms with Crippen LogP contribution >= 0.6 is 0 Å². The minimum Gasteiger partial charge on any atom is -0.494 e. The van der Waals surface area contributed by atoms with E-state index in [0.29, 0.717) is 23.7 Å². The van der Waals surface area contributed by atoms with Crippen LogP contribution in [0.2, 0.25) is 0 Å². The summed E-state index contributed by atoms with van der Waals surface area (Å²) in [7, 11) is 1.61. The Bertz CT molecular complexity index is 722. The minimum atomic E-state index is -0.983. The summed E-state index contributed by atoms with van der Waals surface area (Å²) in [6.45, 7) is 3.60. The number of fused-ring (bicyclic) bond motifs is 1. The molecule has 1 aromatic carbocycles. The number of rotatable bonds is 3. The van der Waals surface area contributed by atoms with Crippen molar-refractivity contribution >= 4 is 22.8 Å². The summed E-state index contributed by atoms with van der Waals surface area (Å²) >= 11 is 0. The Hall–Kier alpha value is -2.57. The first-order valence-corrected chi connectivity index (χ1v) is 7.60. The third-order valence-electron chi connectivity index (χ3n) is 4.11. The van der Waals surface area contributed by atoms with Crippen molar-refractivity contribution in [3.63, 3.8) is 0 Å². The molecule has 1 amide bonds. The van der Waals surface area contributed by atoms with Gasteiger partial charge in [0.15, 0.2) is 0 Å². The van der Waals surface area contributed by atoms with Crippen molar-refractivity contribution in [1.82, 2.24) is 15.3 Å². The molecule has 1 aliphatic heterocycles. The Balaban J connectivity index is 1.97. The van der Waals surface area contributed by atoms with Crippen molar-refractivity contribution in [1.29, 1.82) is 0 Å². The Morgan fingerprint density at radius 3 is 2.74 bits per heavy atom. The zero-order chi connectivity index (χ0) is 16.4. The molecule has 1 aromatic heterocycles. The fraction of sp³-hybridized carbons (Fsp3) is 0.438. The van der Waals surface area contributed by atoms with E-state index >= 15 is 0 Å². The van der Waals surface area contributed by atoms with Crippen LogP contribution in [0, 0.1) is 5.92 Å². The highest BCUT2D eigenvalue weighted by atomic mass is 16.5. The molecule has 0 unspecified atom stereocenters. The number of nitrogens with zero attached hydrogens (tertiary/aromatic N) is 3. The van der Waals surface area contributed by atoms with Gasteiger partial charge in [-0.25, -0.2) is 9.78 Å². The SMILES string of the molecule is COc1ccc(N2C[C@@H](C)C[C@@H](NC(=O)O)C2)c2nccnc12. The molecule has 23 heavy (non-hydrogen) atoms. The maximum atomic E-state index is 10.9. The van der Waals surface area contributed by atoms with Crippen LogP contribution in [0.5, 0.6) is 5.75 Å². The third kappa shape index (κ3) is 3.13. The van der Waals surface area contributed by atoms with Crippen molar-refractivity contribution < 1.29 is 14.6 Å². The van der Waals surface area contributed by atoms with Crippen LogP contribution in [0.4, 0.5) is 10.5 Å². The summed E-state index contributed by atoms with van der Waals surface area (Å²) in [6.07, 6.45) is 3.15. The molecule has 0 aliphatic carbocycles. The fourth-order valence-corrected chi connectivity index (χ4v) is 3.27. The highest BCUT2D eigenvalue weighted by Gasteiger charge is 2.27. The van der Waals surface area contributed by atoms with Crippen LogP contribution in [0.1, 0.15) is 13.3 Å². The average Bonchev–Trinajstić information content (AvgIpc) is 2.52. The molecular formula is C16H20N4O3. The lowest BCUT2D eigenvalue weighted by Crippen LogP contribution is -2.50. The van der Waals surface area contributed by atoms with E-state index in [2.05, 4.69) is 27.1 Å². The lowest BCUT2D eigenvalue weighted by Gasteiger charge is -2.38. The zero-order valence-corrected chi connectivity index (χ0v) is 13.2. The van der Waals surface area contributed by atoms with E-state index in [-0.39, 0.29) is 6.04 Å². The van der Waals surface area contributed by atoms with Gasteiger partial charge >= 0.3 is 6.09 Å². The first-order valence-electron chi connectivity index (χ1n) is 7.60. The lowest BCUT2D eigenvalue weighted by molar-refractivity contribution is 0.186. The van der Waals surface area contributed by atoms with Crippen molar-refractivity contribution in [3.8, 4) is 5.75 Å². The second kappa shape index (κ2) is 6.28. The van der Waals surface area contributed by atoms with Gasteiger partial charge in [-0.2, -0.15) is 0 Å². The van der Waals surface area contributed by atoms with E-state index in [4.69, 9.17) is 9.84 Å². The smallest absolute Gasteiger partial charge is 0.404 e. The van der Waals surface area contributed by atoms with Gasteiger partial charge in [-0.3, -0.25) is 4.98 Å². The van der Waals surface area contributed by atoms with E-state index < -0.39 is 6.09 Å². The van der Waals surface area contributed by atoms with E-state index in [0.717, 1.165) is 24.2 Å². The minimum absolute atomic E-state index is 0.0925. The Labute approximate surface area is 134 Å². The van der Waals surface area contributed by atoms with Gasteiger partial charge in [0.05, 0.1) is 12.8 Å². The van der Waals surface area contributed by atoms with E-state index in [1.54, 1.807) is 19.5 Å². The number of hydrogen-bond acceptors (Lipinski definition) is 5. The van der Waals surface area contributed by atoms with Gasteiger partial charge in [-0.15, -0.1) is 0 Å². The molecule has 2 N–H and O–H groups in total. The molecule has 7 nitrogen and oxygen atoms in total. The maximum absolute atomic E-state index is 10.9. The van der Waals surface area contributed by atoms with Crippen LogP contribution in [-0.4, -0.2) is 47.4 Å². The number of ether oxygens (including phenoxy) is 1. The van der Waals surface area contributed by atoms with Crippen LogP contribution < -0.4 is 15.0 Å². The van der Waals surface area contributed by atoms with Crippen molar-refractivity contribution in [2.75, 3.05) is 25.1 Å². The number of methoxy groups -OCH3 is 1. The molecule has 0 bridgehead atoms. The molecule has 1 fully saturated rings. The maximum Gasteiger partial charge on any atom is 0.404 e. The van der Waals surface area contributed by atoms with Crippen LogP contribution in [0.25, 0.3) is 11.0 Å². The van der Waals surface area contributed by atoms with Gasteiger partial charge in [-0.05, 0) is 24.5 Å². The first kappa shape index (κ1) is 15.3. The first-order chi connectivity index (χ1) is 11.1. The molecular weight excluding hydrogens is 296 g/mol. The summed E-state index contributed by atoms with van der Waals surface area (Å²) in [5, 5.41) is 11.6. The number of amides is 1. The molecule has 0 spiro atoms. The van der Waals surface area contributed by atoms with E-state index in [1.807, 2.05) is 12.1 Å². The average molecular weight is 316 g/mol. The van der Waals surface area contributed by atoms with E-state index in [9.17, 15) is 4.79 Å². The molecule has 2 aromatic rings. The number of nitrogens with one attached hydrogen (secondary N) is 1. The topological polar surface area (TPSA) is 87.6 Å². The largest absolute Gasteiger partial charge is 0.494 e. The van der Waals surface area contributed by atoms with Crippen LogP contribution in [0.15, 0.2) is 24.5 Å². The number of hydrogen-bond donors (Lipinski definition) is 2. The van der Waals surface area contributed by atoms with Gasteiger partial charge in [0.1, 0.15) is 16.8 Å². The molecule has 0 radical (unpaired) electrons. The van der Waals surface area contributed by atoms with Crippen molar-refractivity contribution in [3.05, 3.63) is 24.5 Å². The number of carboxylic acid groups (broad SMARTS) is 1. The molecule has 3 rings (SSSR count). The van der Waals surface area contributed by atoms with Crippen molar-refractivity contribution in [2.24, 2.45) is 5.92 Å². The molecule has 2 heterocycles. The van der Waals surface area contributed by atoms with Crippen LogP contribution in [-0.2, 0) is 0 Å². The predicted octanol–water partition coefficient (Wildman–Crippen LogP) is 2.12. The Morgan fingerprint density at radius 2 is 2.04 bits per heavy atom.